The minimum atomic E-state index is -0.360. The van der Waals surface area contributed by atoms with E-state index in [2.05, 4.69) is 5.10 Å². The molecule has 0 bridgehead atoms. The fraction of sp³-hybridized carbons (Fsp3) is 0.700. The van der Waals surface area contributed by atoms with Crippen LogP contribution in [0, 0.1) is 0 Å². The lowest BCUT2D eigenvalue weighted by Gasteiger charge is -2.29. The van der Waals surface area contributed by atoms with E-state index in [1.54, 1.807) is 13.3 Å². The van der Waals surface area contributed by atoms with Crippen LogP contribution in [0.3, 0.4) is 0 Å². The van der Waals surface area contributed by atoms with Gasteiger partial charge in [0.1, 0.15) is 0 Å². The summed E-state index contributed by atoms with van der Waals surface area (Å²) in [6, 6.07) is -0.146. The summed E-state index contributed by atoms with van der Waals surface area (Å²) in [5.74, 6) is 0. The number of hydrogen-bond acceptors (Lipinski definition) is 3. The maximum atomic E-state index is 6.07. The predicted molar refractivity (Wildman–Crippen MR) is 55.9 cm³/mol. The highest BCUT2D eigenvalue weighted by Gasteiger charge is 2.28. The Balaban J connectivity index is 2.83. The van der Waals surface area contributed by atoms with Gasteiger partial charge in [-0.3, -0.25) is 4.68 Å². The van der Waals surface area contributed by atoms with Gasteiger partial charge in [-0.1, -0.05) is 0 Å². The van der Waals surface area contributed by atoms with Gasteiger partial charge >= 0.3 is 0 Å². The molecule has 1 rings (SSSR count). The van der Waals surface area contributed by atoms with Crippen LogP contribution in [0.15, 0.2) is 12.4 Å². The number of nitrogens with two attached hydrogens (primary N) is 1. The zero-order valence-electron chi connectivity index (χ0n) is 9.32. The Morgan fingerprint density at radius 1 is 1.64 bits per heavy atom. The largest absolute Gasteiger partial charge is 0.377 e. The maximum absolute atomic E-state index is 6.07. The van der Waals surface area contributed by atoms with Gasteiger partial charge in [0.05, 0.1) is 17.8 Å². The molecule has 0 saturated heterocycles. The minimum Gasteiger partial charge on any atom is -0.377 e. The van der Waals surface area contributed by atoms with E-state index in [0.717, 1.165) is 12.1 Å². The molecule has 0 amide bonds. The normalized spacial score (nSPS) is 14.4. The van der Waals surface area contributed by atoms with Crippen LogP contribution in [0.1, 0.15) is 32.4 Å². The monoisotopic (exact) mass is 197 g/mol. The highest BCUT2D eigenvalue weighted by Crippen LogP contribution is 2.25. The van der Waals surface area contributed by atoms with E-state index in [0.29, 0.717) is 0 Å². The van der Waals surface area contributed by atoms with E-state index in [9.17, 15) is 0 Å². The van der Waals surface area contributed by atoms with Crippen LogP contribution in [-0.2, 0) is 11.3 Å². The zero-order chi connectivity index (χ0) is 10.8. The van der Waals surface area contributed by atoms with Gasteiger partial charge in [-0.15, -0.1) is 0 Å². The first kappa shape index (κ1) is 11.2. The Morgan fingerprint density at radius 3 is 2.71 bits per heavy atom. The fourth-order valence-electron chi connectivity index (χ4n) is 1.24. The first-order valence-corrected chi connectivity index (χ1v) is 4.84. The van der Waals surface area contributed by atoms with Gasteiger partial charge in [0, 0.05) is 25.4 Å². The lowest BCUT2D eigenvalue weighted by molar-refractivity contribution is -0.0000526. The third-order valence-corrected chi connectivity index (χ3v) is 2.61. The molecule has 14 heavy (non-hydrogen) atoms. The van der Waals surface area contributed by atoms with E-state index < -0.39 is 0 Å². The highest BCUT2D eigenvalue weighted by atomic mass is 16.5. The van der Waals surface area contributed by atoms with Gasteiger partial charge in [0.15, 0.2) is 0 Å². The van der Waals surface area contributed by atoms with Crippen molar-refractivity contribution in [2.24, 2.45) is 5.73 Å². The average molecular weight is 197 g/mol. The molecule has 0 radical (unpaired) electrons. The molecule has 0 spiro atoms. The van der Waals surface area contributed by atoms with Crippen molar-refractivity contribution in [1.29, 1.82) is 0 Å². The van der Waals surface area contributed by atoms with Crippen LogP contribution in [0.25, 0.3) is 0 Å². The molecule has 2 N–H and O–H groups in total. The summed E-state index contributed by atoms with van der Waals surface area (Å²) in [5.41, 5.74) is 6.73. The summed E-state index contributed by atoms with van der Waals surface area (Å²) >= 11 is 0. The summed E-state index contributed by atoms with van der Waals surface area (Å²) in [7, 11) is 1.67. The summed E-state index contributed by atoms with van der Waals surface area (Å²) in [5, 5.41) is 4.18. The topological polar surface area (TPSA) is 53.1 Å². The second-order valence-corrected chi connectivity index (χ2v) is 3.91. The number of methoxy groups -OCH3 is 1. The molecule has 0 saturated carbocycles. The van der Waals surface area contributed by atoms with Crippen molar-refractivity contribution in [3.8, 4) is 0 Å². The van der Waals surface area contributed by atoms with Gasteiger partial charge in [-0.25, -0.2) is 0 Å². The first-order valence-electron chi connectivity index (χ1n) is 4.84. The first-order chi connectivity index (χ1) is 6.51. The third kappa shape index (κ3) is 2.13. The van der Waals surface area contributed by atoms with Crippen LogP contribution in [0.4, 0.5) is 0 Å². The minimum absolute atomic E-state index is 0.146. The third-order valence-electron chi connectivity index (χ3n) is 2.61. The molecule has 0 aliphatic rings. The van der Waals surface area contributed by atoms with E-state index >= 15 is 0 Å². The molecule has 0 fully saturated rings. The lowest BCUT2D eigenvalue weighted by atomic mass is 9.95. The molecule has 4 nitrogen and oxygen atoms in total. The quantitative estimate of drug-likeness (QED) is 0.792. The maximum Gasteiger partial charge on any atom is 0.0815 e. The number of hydrogen-bond donors (Lipinski definition) is 1. The van der Waals surface area contributed by atoms with Crippen molar-refractivity contribution < 1.29 is 4.74 Å². The van der Waals surface area contributed by atoms with Crippen LogP contribution >= 0.6 is 0 Å². The molecule has 0 aromatic carbocycles. The van der Waals surface area contributed by atoms with Gasteiger partial charge in [-0.05, 0) is 20.8 Å². The van der Waals surface area contributed by atoms with E-state index in [1.165, 1.54) is 0 Å². The van der Waals surface area contributed by atoms with Crippen LogP contribution < -0.4 is 5.73 Å². The number of rotatable bonds is 4. The Bertz CT molecular complexity index is 293. The molecule has 4 heteroatoms. The molecular weight excluding hydrogens is 178 g/mol. The van der Waals surface area contributed by atoms with Crippen molar-refractivity contribution in [3.63, 3.8) is 0 Å². The molecule has 1 heterocycles. The van der Waals surface area contributed by atoms with Gasteiger partial charge in [0.2, 0.25) is 0 Å². The lowest BCUT2D eigenvalue weighted by Crippen LogP contribution is -2.36. The predicted octanol–water partition coefficient (Wildman–Crippen LogP) is 1.33. The number of nitrogens with zero attached hydrogens (tertiary/aromatic N) is 2. The molecule has 1 atom stereocenters. The molecule has 1 aromatic rings. The van der Waals surface area contributed by atoms with Crippen LogP contribution in [-0.4, -0.2) is 22.5 Å². The van der Waals surface area contributed by atoms with Gasteiger partial charge < -0.3 is 10.5 Å². The van der Waals surface area contributed by atoms with E-state index in [4.69, 9.17) is 10.5 Å². The molecule has 1 aromatic heterocycles. The van der Waals surface area contributed by atoms with E-state index in [1.807, 2.05) is 31.6 Å². The van der Waals surface area contributed by atoms with Crippen molar-refractivity contribution in [3.05, 3.63) is 18.0 Å². The number of ether oxygens (including phenoxy) is 1. The summed E-state index contributed by atoms with van der Waals surface area (Å²) in [6.45, 7) is 6.85. The zero-order valence-corrected chi connectivity index (χ0v) is 9.32. The smallest absolute Gasteiger partial charge is 0.0815 e. The number of aryl methyl sites for hydroxylation is 1. The highest BCUT2D eigenvalue weighted by molar-refractivity contribution is 5.13. The van der Waals surface area contributed by atoms with Gasteiger partial charge in [-0.2, -0.15) is 5.10 Å². The average Bonchev–Trinajstić information content (AvgIpc) is 2.64. The van der Waals surface area contributed by atoms with Gasteiger partial charge in [0.25, 0.3) is 0 Å². The summed E-state index contributed by atoms with van der Waals surface area (Å²) in [6.07, 6.45) is 3.76. The fourth-order valence-corrected chi connectivity index (χ4v) is 1.24. The standard InChI is InChI=1S/C10H19N3O/c1-5-13-7-8(6-12-13)9(11)10(2,3)14-4/h6-7,9H,5,11H2,1-4H3. The van der Waals surface area contributed by atoms with Crippen LogP contribution in [0.5, 0.6) is 0 Å². The van der Waals surface area contributed by atoms with Crippen molar-refractivity contribution in [2.45, 2.75) is 39.0 Å². The Hall–Kier alpha value is -0.870. The Labute approximate surface area is 85.0 Å². The Morgan fingerprint density at radius 2 is 2.29 bits per heavy atom. The van der Waals surface area contributed by atoms with E-state index in [-0.39, 0.29) is 11.6 Å². The summed E-state index contributed by atoms with van der Waals surface area (Å²) < 4.78 is 7.20. The SMILES string of the molecule is CCn1cc(C(N)C(C)(C)OC)cn1. The molecular formula is C10H19N3O. The van der Waals surface area contributed by atoms with Crippen molar-refractivity contribution >= 4 is 0 Å². The van der Waals surface area contributed by atoms with Crippen LogP contribution in [0.2, 0.25) is 0 Å². The Kier molecular flexibility index (Phi) is 3.29. The second-order valence-electron chi connectivity index (χ2n) is 3.91. The molecule has 0 aliphatic heterocycles. The summed E-state index contributed by atoms with van der Waals surface area (Å²) in [4.78, 5) is 0. The molecule has 80 valence electrons. The van der Waals surface area contributed by atoms with Crippen molar-refractivity contribution in [1.82, 2.24) is 9.78 Å². The van der Waals surface area contributed by atoms with Crippen molar-refractivity contribution in [2.75, 3.05) is 7.11 Å². The second kappa shape index (κ2) is 4.11. The molecule has 1 unspecified atom stereocenters. The molecule has 0 aliphatic carbocycles. The number of aromatic nitrogens is 2.